The van der Waals surface area contributed by atoms with Crippen LogP contribution in [0.4, 0.5) is 11.4 Å². The van der Waals surface area contributed by atoms with Gasteiger partial charge in [-0.15, -0.1) is 0 Å². The third-order valence-corrected chi connectivity index (χ3v) is 5.15. The molecule has 2 aromatic rings. The minimum atomic E-state index is -0.552. The number of hydrogen-bond donors (Lipinski definition) is 2. The van der Waals surface area contributed by atoms with Crippen LogP contribution in [0, 0.1) is 0 Å². The molecular formula is C22H27N3O5. The van der Waals surface area contributed by atoms with E-state index in [1.165, 1.54) is 27.8 Å². The molecule has 1 aliphatic rings. The van der Waals surface area contributed by atoms with Crippen molar-refractivity contribution in [1.82, 2.24) is 0 Å². The van der Waals surface area contributed by atoms with Crippen LogP contribution in [0.3, 0.4) is 0 Å². The molecular weight excluding hydrogens is 386 g/mol. The molecule has 0 unspecified atom stereocenters. The molecule has 1 heterocycles. The molecule has 3 N–H and O–H groups in total. The Bertz CT molecular complexity index is 913. The molecule has 0 aromatic heterocycles. The van der Waals surface area contributed by atoms with E-state index >= 15 is 0 Å². The van der Waals surface area contributed by atoms with Crippen molar-refractivity contribution in [2.75, 3.05) is 44.6 Å². The maximum absolute atomic E-state index is 13.1. The van der Waals surface area contributed by atoms with Gasteiger partial charge in [-0.1, -0.05) is 0 Å². The number of hydrogen-bond acceptors (Lipinski definition) is 6. The van der Waals surface area contributed by atoms with Crippen molar-refractivity contribution in [3.05, 3.63) is 41.5 Å². The summed E-state index contributed by atoms with van der Waals surface area (Å²) in [5.74, 6) is 0.243. The first-order chi connectivity index (χ1) is 14.5. The molecule has 8 nitrogen and oxygen atoms in total. The Labute approximate surface area is 175 Å². The number of piperidine rings is 1. The highest BCUT2D eigenvalue weighted by atomic mass is 16.5. The van der Waals surface area contributed by atoms with E-state index < -0.39 is 5.91 Å². The molecule has 1 saturated heterocycles. The van der Waals surface area contributed by atoms with Crippen molar-refractivity contribution in [3.8, 4) is 17.2 Å². The molecule has 3 rings (SSSR count). The largest absolute Gasteiger partial charge is 0.493 e. The lowest BCUT2D eigenvalue weighted by molar-refractivity contribution is 0.0996. The molecule has 8 heteroatoms. The molecule has 2 aromatic carbocycles. The number of methoxy groups -OCH3 is 3. The maximum atomic E-state index is 13.1. The maximum Gasteiger partial charge on any atom is 0.255 e. The number of ether oxygens (including phenoxy) is 3. The molecule has 0 spiro atoms. The number of rotatable bonds is 7. The van der Waals surface area contributed by atoms with Gasteiger partial charge >= 0.3 is 0 Å². The smallest absolute Gasteiger partial charge is 0.255 e. The predicted molar refractivity (Wildman–Crippen MR) is 115 cm³/mol. The van der Waals surface area contributed by atoms with Crippen LogP contribution in [-0.2, 0) is 0 Å². The quantitative estimate of drug-likeness (QED) is 0.723. The molecule has 160 valence electrons. The van der Waals surface area contributed by atoms with E-state index in [2.05, 4.69) is 10.2 Å². The Morgan fingerprint density at radius 1 is 0.900 bits per heavy atom. The first-order valence-electron chi connectivity index (χ1n) is 9.78. The number of carbonyl (C=O) groups excluding carboxylic acids is 2. The van der Waals surface area contributed by atoms with Crippen LogP contribution >= 0.6 is 0 Å². The van der Waals surface area contributed by atoms with Crippen LogP contribution in [0.1, 0.15) is 40.0 Å². The number of amides is 2. The number of nitrogens with zero attached hydrogens (tertiary/aromatic N) is 1. The highest BCUT2D eigenvalue weighted by molar-refractivity contribution is 6.07. The van der Waals surface area contributed by atoms with Gasteiger partial charge in [0.2, 0.25) is 11.7 Å². The molecule has 1 aliphatic heterocycles. The van der Waals surface area contributed by atoms with Gasteiger partial charge in [0.1, 0.15) is 0 Å². The summed E-state index contributed by atoms with van der Waals surface area (Å²) in [4.78, 5) is 27.0. The standard InChI is InChI=1S/C22H27N3O5/c1-28-18-12-15(13-19(29-2)20(18)30-3)22(27)24-16-11-14(21(23)26)7-8-17(16)25-9-5-4-6-10-25/h7-8,11-13H,4-6,9-10H2,1-3H3,(H2,23,26)(H,24,27). The second-order valence-corrected chi connectivity index (χ2v) is 7.01. The summed E-state index contributed by atoms with van der Waals surface area (Å²) >= 11 is 0. The Kier molecular flexibility index (Phi) is 6.66. The minimum absolute atomic E-state index is 0.330. The van der Waals surface area contributed by atoms with E-state index in [-0.39, 0.29) is 5.91 Å². The van der Waals surface area contributed by atoms with Gasteiger partial charge in [-0.2, -0.15) is 0 Å². The number of nitrogens with two attached hydrogens (primary N) is 1. The lowest BCUT2D eigenvalue weighted by Crippen LogP contribution is -2.30. The fourth-order valence-electron chi connectivity index (χ4n) is 3.61. The molecule has 1 fully saturated rings. The second-order valence-electron chi connectivity index (χ2n) is 7.01. The zero-order chi connectivity index (χ0) is 21.7. The third kappa shape index (κ3) is 4.42. The first-order valence-corrected chi connectivity index (χ1v) is 9.78. The van der Waals surface area contributed by atoms with E-state index in [1.807, 2.05) is 6.07 Å². The van der Waals surface area contributed by atoms with Gasteiger partial charge in [0.25, 0.3) is 5.91 Å². The van der Waals surface area contributed by atoms with Gasteiger partial charge in [-0.05, 0) is 49.6 Å². The highest BCUT2D eigenvalue weighted by Crippen LogP contribution is 2.38. The van der Waals surface area contributed by atoms with Crippen molar-refractivity contribution in [2.24, 2.45) is 5.73 Å². The van der Waals surface area contributed by atoms with Crippen molar-refractivity contribution in [1.29, 1.82) is 0 Å². The van der Waals surface area contributed by atoms with Crippen molar-refractivity contribution >= 4 is 23.2 Å². The average Bonchev–Trinajstić information content (AvgIpc) is 2.78. The molecule has 0 bridgehead atoms. The monoisotopic (exact) mass is 413 g/mol. The molecule has 0 radical (unpaired) electrons. The zero-order valence-electron chi connectivity index (χ0n) is 17.5. The van der Waals surface area contributed by atoms with Gasteiger partial charge < -0.3 is 30.2 Å². The molecule has 2 amide bonds. The van der Waals surface area contributed by atoms with Crippen LogP contribution in [0.5, 0.6) is 17.2 Å². The van der Waals surface area contributed by atoms with Gasteiger partial charge in [-0.25, -0.2) is 0 Å². The number of benzene rings is 2. The summed E-state index contributed by atoms with van der Waals surface area (Å²) in [6.07, 6.45) is 3.35. The number of carbonyl (C=O) groups is 2. The summed E-state index contributed by atoms with van der Waals surface area (Å²) in [6.45, 7) is 1.78. The van der Waals surface area contributed by atoms with E-state index in [0.717, 1.165) is 31.6 Å². The summed E-state index contributed by atoms with van der Waals surface area (Å²) in [6, 6.07) is 8.28. The number of anilines is 2. The summed E-state index contributed by atoms with van der Waals surface area (Å²) in [5, 5.41) is 2.92. The van der Waals surface area contributed by atoms with Crippen LogP contribution in [0.15, 0.2) is 30.3 Å². The van der Waals surface area contributed by atoms with Crippen LogP contribution in [0.25, 0.3) is 0 Å². The summed E-state index contributed by atoms with van der Waals surface area (Å²) < 4.78 is 16.0. The van der Waals surface area contributed by atoms with E-state index in [0.29, 0.717) is 34.1 Å². The lowest BCUT2D eigenvalue weighted by atomic mass is 10.1. The highest BCUT2D eigenvalue weighted by Gasteiger charge is 2.20. The van der Waals surface area contributed by atoms with Crippen molar-refractivity contribution in [2.45, 2.75) is 19.3 Å². The fourth-order valence-corrected chi connectivity index (χ4v) is 3.61. The summed E-state index contributed by atoms with van der Waals surface area (Å²) in [7, 11) is 4.48. The second kappa shape index (κ2) is 9.39. The Balaban J connectivity index is 1.97. The Morgan fingerprint density at radius 3 is 2.07 bits per heavy atom. The van der Waals surface area contributed by atoms with E-state index in [4.69, 9.17) is 19.9 Å². The van der Waals surface area contributed by atoms with Crippen LogP contribution in [-0.4, -0.2) is 46.2 Å². The normalized spacial score (nSPS) is 13.5. The van der Waals surface area contributed by atoms with E-state index in [1.54, 1.807) is 24.3 Å². The van der Waals surface area contributed by atoms with Crippen molar-refractivity contribution in [3.63, 3.8) is 0 Å². The molecule has 0 saturated carbocycles. The number of nitrogens with one attached hydrogen (secondary N) is 1. The SMILES string of the molecule is COc1cc(C(=O)Nc2cc(C(N)=O)ccc2N2CCCCC2)cc(OC)c1OC. The van der Waals surface area contributed by atoms with E-state index in [9.17, 15) is 9.59 Å². The average molecular weight is 413 g/mol. The first kappa shape index (κ1) is 21.3. The van der Waals surface area contributed by atoms with Gasteiger partial charge in [0.05, 0.1) is 32.7 Å². The number of primary amides is 1. The fraction of sp³-hybridized carbons (Fsp3) is 0.364. The third-order valence-electron chi connectivity index (χ3n) is 5.15. The van der Waals surface area contributed by atoms with Crippen LogP contribution in [0.2, 0.25) is 0 Å². The molecule has 30 heavy (non-hydrogen) atoms. The van der Waals surface area contributed by atoms with Gasteiger partial charge in [0.15, 0.2) is 11.5 Å². The molecule has 0 atom stereocenters. The topological polar surface area (TPSA) is 103 Å². The van der Waals surface area contributed by atoms with Gasteiger partial charge in [0, 0.05) is 24.2 Å². The minimum Gasteiger partial charge on any atom is -0.493 e. The lowest BCUT2D eigenvalue weighted by Gasteiger charge is -2.30. The van der Waals surface area contributed by atoms with Gasteiger partial charge in [-0.3, -0.25) is 9.59 Å². The molecule has 0 aliphatic carbocycles. The zero-order valence-corrected chi connectivity index (χ0v) is 17.5. The Morgan fingerprint density at radius 2 is 1.53 bits per heavy atom. The predicted octanol–water partition coefficient (Wildman–Crippen LogP) is 3.05. The van der Waals surface area contributed by atoms with Crippen molar-refractivity contribution < 1.29 is 23.8 Å². The summed E-state index contributed by atoms with van der Waals surface area (Å²) in [5.41, 5.74) is 7.51. The van der Waals surface area contributed by atoms with Crippen LogP contribution < -0.4 is 30.2 Å². The Hall–Kier alpha value is -3.42.